The Morgan fingerprint density at radius 3 is 2.38 bits per heavy atom. The van der Waals surface area contributed by atoms with Gasteiger partial charge < -0.3 is 9.30 Å². The lowest BCUT2D eigenvalue weighted by molar-refractivity contribution is -0.384. The Bertz CT molecular complexity index is 775. The van der Waals surface area contributed by atoms with E-state index in [0.717, 1.165) is 11.6 Å². The third-order valence-electron chi connectivity index (χ3n) is 3.64. The van der Waals surface area contributed by atoms with Crippen molar-refractivity contribution in [1.82, 2.24) is 4.57 Å². The van der Waals surface area contributed by atoms with Gasteiger partial charge in [0, 0.05) is 18.7 Å². The predicted molar refractivity (Wildman–Crippen MR) is 87.2 cm³/mol. The van der Waals surface area contributed by atoms with Crippen molar-refractivity contribution in [1.29, 1.82) is 0 Å². The minimum atomic E-state index is -0.780. The van der Waals surface area contributed by atoms with E-state index < -0.39 is 17.5 Å². The number of hydrogen-bond acceptors (Lipinski definition) is 5. The number of benzene rings is 1. The maximum atomic E-state index is 12.1. The second-order valence-electron chi connectivity index (χ2n) is 5.73. The number of hydrogen-bond donors (Lipinski definition) is 0. The maximum absolute atomic E-state index is 12.1. The highest BCUT2D eigenvalue weighted by Crippen LogP contribution is 2.17. The number of carbonyl (C=O) groups excluding carboxylic acids is 2. The summed E-state index contributed by atoms with van der Waals surface area (Å²) in [6, 6.07) is 8.22. The molecule has 0 spiro atoms. The zero-order valence-electron chi connectivity index (χ0n) is 13.7. The van der Waals surface area contributed by atoms with Crippen LogP contribution in [0.5, 0.6) is 0 Å². The van der Waals surface area contributed by atoms with E-state index >= 15 is 0 Å². The largest absolute Gasteiger partial charge is 0.453 e. The van der Waals surface area contributed by atoms with Gasteiger partial charge in [0.15, 0.2) is 12.4 Å². The molecular weight excluding hydrogens is 312 g/mol. The monoisotopic (exact) mass is 330 g/mol. The molecule has 0 bridgehead atoms. The second kappa shape index (κ2) is 7.08. The van der Waals surface area contributed by atoms with Crippen LogP contribution in [0.4, 0.5) is 5.69 Å². The normalized spacial score (nSPS) is 10.7. The smallest absolute Gasteiger partial charge is 0.355 e. The number of Topliss-reactive ketones (excluding diaryl/α,β-unsaturated/α-hetero) is 1. The maximum Gasteiger partial charge on any atom is 0.355 e. The molecular formula is C17H18N2O5. The van der Waals surface area contributed by atoms with Gasteiger partial charge in [-0.15, -0.1) is 0 Å². The average molecular weight is 330 g/mol. The van der Waals surface area contributed by atoms with Gasteiger partial charge in [0.1, 0.15) is 5.69 Å². The van der Waals surface area contributed by atoms with Crippen LogP contribution >= 0.6 is 0 Å². The number of ketones is 1. The molecule has 7 heteroatoms. The van der Waals surface area contributed by atoms with E-state index in [-0.39, 0.29) is 17.2 Å². The molecule has 0 aliphatic carbocycles. The summed E-state index contributed by atoms with van der Waals surface area (Å²) < 4.78 is 6.26. The lowest BCUT2D eigenvalue weighted by Crippen LogP contribution is -2.16. The standard InChI is InChI=1S/C17H18N2O5/c1-11(2)12-4-6-13(7-5-12)16(20)10-24-17(21)15-8-14(19(22)23)9-18(15)3/h4-9,11H,10H2,1-3H3. The second-order valence-corrected chi connectivity index (χ2v) is 5.73. The molecule has 2 rings (SSSR count). The first-order valence-electron chi connectivity index (χ1n) is 7.40. The van der Waals surface area contributed by atoms with Gasteiger partial charge in [0.25, 0.3) is 5.69 Å². The highest BCUT2D eigenvalue weighted by atomic mass is 16.6. The van der Waals surface area contributed by atoms with Gasteiger partial charge in [-0.05, 0) is 11.5 Å². The minimum absolute atomic E-state index is 0.0182. The van der Waals surface area contributed by atoms with E-state index in [1.165, 1.54) is 17.8 Å². The van der Waals surface area contributed by atoms with Crippen LogP contribution in [0.1, 0.15) is 46.2 Å². The van der Waals surface area contributed by atoms with Crippen LogP contribution in [0.15, 0.2) is 36.5 Å². The molecule has 0 N–H and O–H groups in total. The van der Waals surface area contributed by atoms with Gasteiger partial charge >= 0.3 is 5.97 Å². The van der Waals surface area contributed by atoms with E-state index in [1.807, 2.05) is 12.1 Å². The number of nitrogens with zero attached hydrogens (tertiary/aromatic N) is 2. The van der Waals surface area contributed by atoms with Crippen LogP contribution in [0.2, 0.25) is 0 Å². The number of ether oxygens (including phenoxy) is 1. The Hall–Kier alpha value is -2.96. The van der Waals surface area contributed by atoms with Crippen LogP contribution in [0.25, 0.3) is 0 Å². The van der Waals surface area contributed by atoms with Gasteiger partial charge in [-0.3, -0.25) is 14.9 Å². The van der Waals surface area contributed by atoms with Crippen molar-refractivity contribution in [3.8, 4) is 0 Å². The average Bonchev–Trinajstić information content (AvgIpc) is 2.94. The summed E-state index contributed by atoms with van der Waals surface area (Å²) in [6.45, 7) is 3.69. The number of carbonyl (C=O) groups is 2. The molecule has 0 aliphatic rings. The van der Waals surface area contributed by atoms with Gasteiger partial charge in [-0.1, -0.05) is 38.1 Å². The van der Waals surface area contributed by atoms with Crippen LogP contribution in [-0.4, -0.2) is 27.8 Å². The summed E-state index contributed by atoms with van der Waals surface area (Å²) in [5.41, 5.74) is 1.37. The molecule has 7 nitrogen and oxygen atoms in total. The lowest BCUT2D eigenvalue weighted by Gasteiger charge is -2.07. The zero-order valence-corrected chi connectivity index (χ0v) is 13.7. The Labute approximate surface area is 139 Å². The van der Waals surface area contributed by atoms with E-state index in [1.54, 1.807) is 12.1 Å². The lowest BCUT2D eigenvalue weighted by atomic mass is 10.0. The van der Waals surface area contributed by atoms with Gasteiger partial charge in [0.2, 0.25) is 0 Å². The molecule has 0 saturated heterocycles. The molecule has 126 valence electrons. The number of aryl methyl sites for hydroxylation is 1. The van der Waals surface area contributed by atoms with Crippen molar-refractivity contribution in [3.63, 3.8) is 0 Å². The fourth-order valence-corrected chi connectivity index (χ4v) is 2.19. The summed E-state index contributed by atoms with van der Waals surface area (Å²) in [7, 11) is 1.50. The van der Waals surface area contributed by atoms with Crippen molar-refractivity contribution in [2.45, 2.75) is 19.8 Å². The van der Waals surface area contributed by atoms with Crippen LogP contribution in [-0.2, 0) is 11.8 Å². The summed E-state index contributed by atoms with van der Waals surface area (Å²) >= 11 is 0. The number of aromatic nitrogens is 1. The number of esters is 1. The molecule has 0 atom stereocenters. The molecule has 0 saturated carbocycles. The Kier molecular flexibility index (Phi) is 5.13. The first kappa shape index (κ1) is 17.4. The molecule has 1 aromatic carbocycles. The van der Waals surface area contributed by atoms with E-state index in [0.29, 0.717) is 11.5 Å². The predicted octanol–water partition coefficient (Wildman–Crippen LogP) is 3.10. The number of rotatable bonds is 6. The third-order valence-corrected chi connectivity index (χ3v) is 3.64. The van der Waals surface area contributed by atoms with Gasteiger partial charge in [0.05, 0.1) is 11.1 Å². The van der Waals surface area contributed by atoms with Crippen molar-refractivity contribution in [2.75, 3.05) is 6.61 Å². The highest BCUT2D eigenvalue weighted by Gasteiger charge is 2.20. The van der Waals surface area contributed by atoms with Crippen LogP contribution < -0.4 is 0 Å². The molecule has 0 radical (unpaired) electrons. The Morgan fingerprint density at radius 2 is 1.88 bits per heavy atom. The topological polar surface area (TPSA) is 91.4 Å². The SMILES string of the molecule is CC(C)c1ccc(C(=O)COC(=O)c2cc([N+](=O)[O-])cn2C)cc1. The first-order valence-corrected chi connectivity index (χ1v) is 7.40. The van der Waals surface area contributed by atoms with E-state index in [2.05, 4.69) is 13.8 Å². The molecule has 0 fully saturated rings. The first-order chi connectivity index (χ1) is 11.3. The van der Waals surface area contributed by atoms with E-state index in [9.17, 15) is 19.7 Å². The molecule has 0 aliphatic heterocycles. The van der Waals surface area contributed by atoms with Gasteiger partial charge in [-0.2, -0.15) is 0 Å². The van der Waals surface area contributed by atoms with Crippen molar-refractivity contribution in [2.24, 2.45) is 7.05 Å². The highest BCUT2D eigenvalue weighted by molar-refractivity contribution is 5.99. The molecule has 0 amide bonds. The molecule has 24 heavy (non-hydrogen) atoms. The summed E-state index contributed by atoms with van der Waals surface area (Å²) in [5, 5.41) is 10.7. The van der Waals surface area contributed by atoms with E-state index in [4.69, 9.17) is 4.74 Å². The fourth-order valence-electron chi connectivity index (χ4n) is 2.19. The summed E-state index contributed by atoms with van der Waals surface area (Å²) in [4.78, 5) is 34.1. The van der Waals surface area contributed by atoms with Crippen molar-refractivity contribution < 1.29 is 19.2 Å². The quantitative estimate of drug-likeness (QED) is 0.351. The van der Waals surface area contributed by atoms with Crippen LogP contribution in [0, 0.1) is 10.1 Å². The Morgan fingerprint density at radius 1 is 1.25 bits per heavy atom. The zero-order chi connectivity index (χ0) is 17.9. The molecule has 1 heterocycles. The third kappa shape index (κ3) is 3.87. The van der Waals surface area contributed by atoms with Crippen molar-refractivity contribution in [3.05, 3.63) is 63.5 Å². The number of nitro groups is 1. The molecule has 2 aromatic rings. The molecule has 0 unspecified atom stereocenters. The molecule has 1 aromatic heterocycles. The van der Waals surface area contributed by atoms with Gasteiger partial charge in [-0.25, -0.2) is 4.79 Å². The summed E-state index contributed by atoms with van der Waals surface area (Å²) in [5.74, 6) is -0.750. The van der Waals surface area contributed by atoms with Crippen molar-refractivity contribution >= 4 is 17.4 Å². The summed E-state index contributed by atoms with van der Waals surface area (Å²) in [6.07, 6.45) is 1.21. The van der Waals surface area contributed by atoms with Crippen LogP contribution in [0.3, 0.4) is 0 Å². The minimum Gasteiger partial charge on any atom is -0.453 e. The fraction of sp³-hybridized carbons (Fsp3) is 0.294. The Balaban J connectivity index is 2.00.